The molecular formula is C20H34O3. The number of aliphatic hydroxyl groups is 2. The predicted molar refractivity (Wildman–Crippen MR) is 92.1 cm³/mol. The number of aliphatic hydroxyl groups excluding tert-OH is 2. The molecule has 0 aromatic rings. The van der Waals surface area contributed by atoms with Crippen LogP contribution < -0.4 is 0 Å². The lowest BCUT2D eigenvalue weighted by Crippen LogP contribution is -2.67. The van der Waals surface area contributed by atoms with Crippen molar-refractivity contribution in [2.24, 2.45) is 22.7 Å². The average molecular weight is 322 g/mol. The molecule has 0 spiro atoms. The van der Waals surface area contributed by atoms with Crippen molar-refractivity contribution >= 4 is 0 Å². The van der Waals surface area contributed by atoms with Crippen LogP contribution in [0.2, 0.25) is 0 Å². The van der Waals surface area contributed by atoms with Crippen LogP contribution in [0.25, 0.3) is 0 Å². The highest BCUT2D eigenvalue weighted by atomic mass is 16.5. The van der Waals surface area contributed by atoms with E-state index in [0.717, 1.165) is 32.1 Å². The zero-order valence-corrected chi connectivity index (χ0v) is 15.4. The zero-order valence-electron chi connectivity index (χ0n) is 15.4. The molecule has 0 aromatic carbocycles. The molecule has 3 nitrogen and oxygen atoms in total. The maximum atomic E-state index is 10.7. The second kappa shape index (κ2) is 5.06. The fraction of sp³-hybridized carbons (Fsp3) is 0.900. The maximum Gasteiger partial charge on any atom is 0.110 e. The molecule has 0 bridgehead atoms. The molecular weight excluding hydrogens is 288 g/mol. The van der Waals surface area contributed by atoms with E-state index in [-0.39, 0.29) is 22.5 Å². The third kappa shape index (κ3) is 2.26. The van der Waals surface area contributed by atoms with Crippen LogP contribution in [0.5, 0.6) is 0 Å². The molecule has 3 aliphatic rings. The maximum absolute atomic E-state index is 10.7. The van der Waals surface area contributed by atoms with Crippen molar-refractivity contribution in [2.45, 2.75) is 90.1 Å². The molecule has 1 saturated heterocycles. The van der Waals surface area contributed by atoms with Gasteiger partial charge in [-0.2, -0.15) is 0 Å². The lowest BCUT2D eigenvalue weighted by Gasteiger charge is -2.66. The number of hydrogen-bond acceptors (Lipinski definition) is 3. The third-order valence-corrected chi connectivity index (χ3v) is 7.95. The van der Waals surface area contributed by atoms with Gasteiger partial charge in [-0.25, -0.2) is 0 Å². The van der Waals surface area contributed by atoms with E-state index in [1.807, 2.05) is 6.92 Å². The van der Waals surface area contributed by atoms with Crippen molar-refractivity contribution in [1.82, 2.24) is 0 Å². The number of rotatable bonds is 1. The van der Waals surface area contributed by atoms with Gasteiger partial charge in [-0.3, -0.25) is 0 Å². The van der Waals surface area contributed by atoms with E-state index in [2.05, 4.69) is 34.3 Å². The van der Waals surface area contributed by atoms with Gasteiger partial charge in [0.25, 0.3) is 0 Å². The summed E-state index contributed by atoms with van der Waals surface area (Å²) in [4.78, 5) is 0. The summed E-state index contributed by atoms with van der Waals surface area (Å²) in [6.45, 7) is 14.9. The van der Waals surface area contributed by atoms with E-state index in [1.165, 1.54) is 0 Å². The first kappa shape index (κ1) is 17.4. The molecule has 23 heavy (non-hydrogen) atoms. The zero-order chi connectivity index (χ0) is 17.3. The van der Waals surface area contributed by atoms with Gasteiger partial charge in [0.15, 0.2) is 0 Å². The van der Waals surface area contributed by atoms with Crippen molar-refractivity contribution in [3.63, 3.8) is 0 Å². The fourth-order valence-corrected chi connectivity index (χ4v) is 6.34. The lowest BCUT2D eigenvalue weighted by molar-refractivity contribution is -0.288. The van der Waals surface area contributed by atoms with Gasteiger partial charge in [0.05, 0.1) is 17.8 Å². The number of hydrogen-bond donors (Lipinski definition) is 2. The molecule has 2 saturated carbocycles. The molecule has 3 rings (SSSR count). The first-order valence-corrected chi connectivity index (χ1v) is 9.19. The first-order valence-electron chi connectivity index (χ1n) is 9.19. The molecule has 1 heterocycles. The Morgan fingerprint density at radius 2 is 1.61 bits per heavy atom. The monoisotopic (exact) mass is 322 g/mol. The van der Waals surface area contributed by atoms with Crippen molar-refractivity contribution in [3.05, 3.63) is 12.7 Å². The van der Waals surface area contributed by atoms with Crippen LogP contribution >= 0.6 is 0 Å². The summed E-state index contributed by atoms with van der Waals surface area (Å²) in [5.41, 5.74) is -0.832. The van der Waals surface area contributed by atoms with Gasteiger partial charge < -0.3 is 14.9 Å². The Bertz CT molecular complexity index is 501. The number of fused-ring (bicyclic) bond motifs is 3. The molecule has 0 amide bonds. The van der Waals surface area contributed by atoms with Crippen molar-refractivity contribution in [2.75, 3.05) is 0 Å². The second-order valence-electron chi connectivity index (χ2n) is 9.58. The second-order valence-corrected chi connectivity index (χ2v) is 9.58. The van der Waals surface area contributed by atoms with Gasteiger partial charge in [0, 0.05) is 0 Å². The Morgan fingerprint density at radius 3 is 2.22 bits per heavy atom. The van der Waals surface area contributed by atoms with Crippen molar-refractivity contribution in [3.8, 4) is 0 Å². The van der Waals surface area contributed by atoms with Crippen LogP contribution in [-0.2, 0) is 4.74 Å². The molecule has 0 radical (unpaired) electrons. The van der Waals surface area contributed by atoms with Gasteiger partial charge in [-0.15, -0.1) is 6.58 Å². The molecule has 2 N–H and O–H groups in total. The van der Waals surface area contributed by atoms with E-state index >= 15 is 0 Å². The van der Waals surface area contributed by atoms with Crippen LogP contribution in [0.1, 0.15) is 66.7 Å². The van der Waals surface area contributed by atoms with Crippen LogP contribution in [0.4, 0.5) is 0 Å². The summed E-state index contributed by atoms with van der Waals surface area (Å²) < 4.78 is 6.51. The minimum Gasteiger partial charge on any atom is -0.393 e. The Morgan fingerprint density at radius 1 is 0.957 bits per heavy atom. The van der Waals surface area contributed by atoms with E-state index in [1.54, 1.807) is 6.08 Å². The molecule has 0 unspecified atom stereocenters. The van der Waals surface area contributed by atoms with E-state index in [4.69, 9.17) is 4.74 Å². The Hall–Kier alpha value is -0.380. The Balaban J connectivity index is 1.99. The van der Waals surface area contributed by atoms with E-state index in [0.29, 0.717) is 11.8 Å². The summed E-state index contributed by atoms with van der Waals surface area (Å²) in [6, 6.07) is 0. The molecule has 2 aliphatic carbocycles. The van der Waals surface area contributed by atoms with Crippen LogP contribution in [-0.4, -0.2) is 33.6 Å². The van der Waals surface area contributed by atoms with Gasteiger partial charge in [-0.05, 0) is 68.6 Å². The molecule has 3 fully saturated rings. The van der Waals surface area contributed by atoms with E-state index in [9.17, 15) is 10.2 Å². The minimum atomic E-state index is -0.655. The minimum absolute atomic E-state index is 0.0710. The lowest BCUT2D eigenvalue weighted by atomic mass is 9.43. The van der Waals surface area contributed by atoms with Crippen molar-refractivity contribution < 1.29 is 14.9 Å². The smallest absolute Gasteiger partial charge is 0.110 e. The normalized spacial score (nSPS) is 55.6. The quantitative estimate of drug-likeness (QED) is 0.724. The van der Waals surface area contributed by atoms with Crippen molar-refractivity contribution in [1.29, 1.82) is 0 Å². The summed E-state index contributed by atoms with van der Waals surface area (Å²) in [5.74, 6) is 0.796. The summed E-state index contributed by atoms with van der Waals surface area (Å²) in [5, 5.41) is 21.3. The SMILES string of the molecule is C=C[C@]1(C)O[C@@]2(C)CC[C@@H]3C(C)(C)[C@@H](O)CC[C@@]3(C)[C@@H]2C[C@@H]1O. The van der Waals surface area contributed by atoms with Crippen LogP contribution in [0.3, 0.4) is 0 Å². The topological polar surface area (TPSA) is 49.7 Å². The van der Waals surface area contributed by atoms with Gasteiger partial charge in [0.2, 0.25) is 0 Å². The summed E-state index contributed by atoms with van der Waals surface area (Å²) in [7, 11) is 0. The Labute approximate surface area is 141 Å². The highest BCUT2D eigenvalue weighted by Crippen LogP contribution is 2.65. The summed E-state index contributed by atoms with van der Waals surface area (Å²) >= 11 is 0. The van der Waals surface area contributed by atoms with Gasteiger partial charge in [0.1, 0.15) is 5.60 Å². The van der Waals surface area contributed by atoms with Gasteiger partial charge in [-0.1, -0.05) is 26.8 Å². The molecule has 3 heteroatoms. The first-order chi connectivity index (χ1) is 10.5. The number of ether oxygens (including phenoxy) is 1. The standard InChI is InChI=1S/C20H34O3/c1-7-19(5)16(22)12-14-18(4)10-9-15(21)17(2,3)13(18)8-11-20(14,6)23-19/h7,13-16,21-22H,1,8-12H2,2-6H3/t13-,14+,15+,16+,18-,19+,20+/m1/s1. The molecule has 132 valence electrons. The molecule has 7 atom stereocenters. The average Bonchev–Trinajstić information content (AvgIpc) is 2.46. The summed E-state index contributed by atoms with van der Waals surface area (Å²) in [6.07, 6.45) is 5.73. The highest BCUT2D eigenvalue weighted by Gasteiger charge is 2.64. The van der Waals surface area contributed by atoms with Crippen LogP contribution in [0, 0.1) is 22.7 Å². The predicted octanol–water partition coefficient (Wildman–Crippen LogP) is 3.68. The molecule has 0 aromatic heterocycles. The molecule has 1 aliphatic heterocycles. The Kier molecular flexibility index (Phi) is 3.84. The highest BCUT2D eigenvalue weighted by molar-refractivity contribution is 5.15. The van der Waals surface area contributed by atoms with E-state index < -0.39 is 11.7 Å². The fourth-order valence-electron chi connectivity index (χ4n) is 6.34. The third-order valence-electron chi connectivity index (χ3n) is 7.95. The van der Waals surface area contributed by atoms with Gasteiger partial charge >= 0.3 is 0 Å². The van der Waals surface area contributed by atoms with Crippen LogP contribution in [0.15, 0.2) is 12.7 Å². The largest absolute Gasteiger partial charge is 0.393 e.